The molecule has 3 aromatic rings. The summed E-state index contributed by atoms with van der Waals surface area (Å²) in [5.41, 5.74) is 14.8. The molecular weight excluding hydrogens is 326 g/mol. The van der Waals surface area contributed by atoms with Crippen LogP contribution in [0.2, 0.25) is 5.02 Å². The Morgan fingerprint density at radius 2 is 1.92 bits per heavy atom. The molecule has 0 amide bonds. The van der Waals surface area contributed by atoms with Gasteiger partial charge in [-0.3, -0.25) is 0 Å². The highest BCUT2D eigenvalue weighted by atomic mass is 35.5. The highest BCUT2D eigenvalue weighted by Gasteiger charge is 2.36. The van der Waals surface area contributed by atoms with Crippen LogP contribution in [0.1, 0.15) is 24.3 Å². The minimum absolute atomic E-state index is 0.145. The molecule has 6 rings (SSSR count). The summed E-state index contributed by atoms with van der Waals surface area (Å²) in [6, 6.07) is 3.91. The van der Waals surface area contributed by atoms with E-state index < -0.39 is 0 Å². The molecular formula is C17H18ClN5O. The molecule has 7 heteroatoms. The van der Waals surface area contributed by atoms with Crippen LogP contribution in [0, 0.1) is 5.92 Å². The average Bonchev–Trinajstić information content (AvgIpc) is 2.94. The molecule has 0 radical (unpaired) electrons. The third-order valence-corrected chi connectivity index (χ3v) is 5.72. The summed E-state index contributed by atoms with van der Waals surface area (Å²) in [6.45, 7) is 3.44. The summed E-state index contributed by atoms with van der Waals surface area (Å²) < 4.78 is 6.10. The standard InChI is InChI=1S/C17H18ClN5O/c18-9-5-10(12-7-23-3-1-8(12)2-4-23)14-11(6-9)13-15(24-14)16(19)22-17(20)21-13/h5-6,8,12H,1-4,7H2,(H4,19,20,21,22). The number of rotatable bonds is 1. The monoisotopic (exact) mass is 343 g/mol. The highest BCUT2D eigenvalue weighted by molar-refractivity contribution is 6.32. The summed E-state index contributed by atoms with van der Waals surface area (Å²) in [5.74, 6) is 1.52. The lowest BCUT2D eigenvalue weighted by Gasteiger charge is -2.45. The summed E-state index contributed by atoms with van der Waals surface area (Å²) >= 11 is 6.42. The molecule has 4 N–H and O–H groups in total. The normalized spacial score (nSPS) is 26.5. The molecule has 0 aliphatic carbocycles. The van der Waals surface area contributed by atoms with E-state index in [-0.39, 0.29) is 11.8 Å². The molecule has 0 spiro atoms. The smallest absolute Gasteiger partial charge is 0.222 e. The van der Waals surface area contributed by atoms with Gasteiger partial charge in [0.2, 0.25) is 5.95 Å². The van der Waals surface area contributed by atoms with E-state index in [1.807, 2.05) is 12.1 Å². The maximum Gasteiger partial charge on any atom is 0.222 e. The maximum atomic E-state index is 6.42. The Labute approximate surface area is 143 Å². The van der Waals surface area contributed by atoms with Gasteiger partial charge in [-0.2, -0.15) is 4.98 Å². The maximum absolute atomic E-state index is 6.42. The zero-order chi connectivity index (χ0) is 16.4. The van der Waals surface area contributed by atoms with E-state index in [1.54, 1.807) is 0 Å². The van der Waals surface area contributed by atoms with Crippen LogP contribution in [0.4, 0.5) is 11.8 Å². The number of hydrogen-bond acceptors (Lipinski definition) is 6. The van der Waals surface area contributed by atoms with E-state index in [9.17, 15) is 0 Å². The molecule has 3 aliphatic heterocycles. The molecule has 124 valence electrons. The number of furan rings is 1. The first-order valence-electron chi connectivity index (χ1n) is 8.27. The molecule has 3 aliphatic rings. The van der Waals surface area contributed by atoms with Gasteiger partial charge in [0.25, 0.3) is 0 Å². The minimum Gasteiger partial charge on any atom is -0.450 e. The molecule has 1 atom stereocenters. The van der Waals surface area contributed by atoms with Crippen molar-refractivity contribution in [2.45, 2.75) is 18.8 Å². The third-order valence-electron chi connectivity index (χ3n) is 5.51. The Hall–Kier alpha value is -2.05. The van der Waals surface area contributed by atoms with Crippen LogP contribution in [0.25, 0.3) is 22.1 Å². The molecule has 24 heavy (non-hydrogen) atoms. The van der Waals surface area contributed by atoms with Gasteiger partial charge in [0.05, 0.1) is 0 Å². The Kier molecular flexibility index (Phi) is 2.96. The molecule has 1 unspecified atom stereocenters. The lowest BCUT2D eigenvalue weighted by Crippen LogP contribution is -2.46. The fraction of sp³-hybridized carbons (Fsp3) is 0.412. The first-order valence-corrected chi connectivity index (χ1v) is 8.65. The van der Waals surface area contributed by atoms with Crippen molar-refractivity contribution in [3.63, 3.8) is 0 Å². The predicted octanol–water partition coefficient (Wildman–Crippen LogP) is 3.00. The van der Waals surface area contributed by atoms with Gasteiger partial charge < -0.3 is 20.8 Å². The number of nitrogens with two attached hydrogens (primary N) is 2. The van der Waals surface area contributed by atoms with Gasteiger partial charge in [-0.1, -0.05) is 11.6 Å². The Morgan fingerprint density at radius 1 is 1.12 bits per heavy atom. The van der Waals surface area contributed by atoms with Crippen molar-refractivity contribution in [1.29, 1.82) is 0 Å². The molecule has 3 saturated heterocycles. The summed E-state index contributed by atoms with van der Waals surface area (Å²) in [7, 11) is 0. The third kappa shape index (κ3) is 1.99. The molecule has 1 aromatic carbocycles. The van der Waals surface area contributed by atoms with Gasteiger partial charge in [-0.05, 0) is 44.0 Å². The first kappa shape index (κ1) is 14.3. The van der Waals surface area contributed by atoms with Gasteiger partial charge >= 0.3 is 0 Å². The minimum atomic E-state index is 0.145. The quantitative estimate of drug-likeness (QED) is 0.705. The number of fused-ring (bicyclic) bond motifs is 6. The first-order chi connectivity index (χ1) is 11.6. The van der Waals surface area contributed by atoms with E-state index in [0.717, 1.165) is 23.1 Å². The zero-order valence-electron chi connectivity index (χ0n) is 13.1. The fourth-order valence-electron chi connectivity index (χ4n) is 4.37. The number of nitrogen functional groups attached to an aromatic ring is 2. The summed E-state index contributed by atoms with van der Waals surface area (Å²) in [6.07, 6.45) is 2.46. The zero-order valence-corrected chi connectivity index (χ0v) is 13.9. The van der Waals surface area contributed by atoms with Crippen LogP contribution < -0.4 is 11.5 Å². The molecule has 2 bridgehead atoms. The second-order valence-electron chi connectivity index (χ2n) is 6.86. The number of benzene rings is 1. The van der Waals surface area contributed by atoms with Crippen LogP contribution in [-0.4, -0.2) is 34.5 Å². The van der Waals surface area contributed by atoms with Crippen LogP contribution in [0.3, 0.4) is 0 Å². The topological polar surface area (TPSA) is 94.2 Å². The lowest BCUT2D eigenvalue weighted by atomic mass is 9.75. The fourth-order valence-corrected chi connectivity index (χ4v) is 4.60. The van der Waals surface area contributed by atoms with Gasteiger partial charge in [-0.25, -0.2) is 4.98 Å². The van der Waals surface area contributed by atoms with Crippen molar-refractivity contribution >= 4 is 45.4 Å². The van der Waals surface area contributed by atoms with E-state index in [2.05, 4.69) is 14.9 Å². The molecule has 3 fully saturated rings. The Morgan fingerprint density at radius 3 is 2.62 bits per heavy atom. The average molecular weight is 344 g/mol. The van der Waals surface area contributed by atoms with Gasteiger partial charge in [-0.15, -0.1) is 0 Å². The van der Waals surface area contributed by atoms with Crippen molar-refractivity contribution in [3.05, 3.63) is 22.7 Å². The number of hydrogen-bond donors (Lipinski definition) is 2. The highest BCUT2D eigenvalue weighted by Crippen LogP contribution is 2.44. The van der Waals surface area contributed by atoms with Crippen LogP contribution in [0.15, 0.2) is 16.5 Å². The second kappa shape index (κ2) is 4.97. The summed E-state index contributed by atoms with van der Waals surface area (Å²) in [5, 5.41) is 1.55. The SMILES string of the molecule is Nc1nc(N)c2oc3c(C4CN5CCC4CC5)cc(Cl)cc3c2n1. The van der Waals surface area contributed by atoms with E-state index >= 15 is 0 Å². The van der Waals surface area contributed by atoms with Gasteiger partial charge in [0.1, 0.15) is 11.1 Å². The van der Waals surface area contributed by atoms with Crippen molar-refractivity contribution in [1.82, 2.24) is 14.9 Å². The lowest BCUT2D eigenvalue weighted by molar-refractivity contribution is 0.0873. The van der Waals surface area contributed by atoms with Crippen molar-refractivity contribution in [2.75, 3.05) is 31.1 Å². The molecule has 6 nitrogen and oxygen atoms in total. The molecule has 0 saturated carbocycles. The number of nitrogens with zero attached hydrogens (tertiary/aromatic N) is 3. The largest absolute Gasteiger partial charge is 0.450 e. The second-order valence-corrected chi connectivity index (χ2v) is 7.30. The van der Waals surface area contributed by atoms with Crippen LogP contribution in [0.5, 0.6) is 0 Å². The van der Waals surface area contributed by atoms with Crippen LogP contribution >= 0.6 is 11.6 Å². The van der Waals surface area contributed by atoms with E-state index in [0.29, 0.717) is 28.0 Å². The molecule has 5 heterocycles. The van der Waals surface area contributed by atoms with Gasteiger partial charge in [0, 0.05) is 28.4 Å². The van der Waals surface area contributed by atoms with E-state index in [4.69, 9.17) is 27.5 Å². The summed E-state index contributed by atoms with van der Waals surface area (Å²) in [4.78, 5) is 10.9. The Balaban J connectivity index is 1.78. The Bertz CT molecular complexity index is 961. The van der Waals surface area contributed by atoms with Crippen molar-refractivity contribution < 1.29 is 4.42 Å². The molecule has 2 aromatic heterocycles. The number of piperidine rings is 3. The number of aromatic nitrogens is 2. The number of halogens is 1. The van der Waals surface area contributed by atoms with Crippen molar-refractivity contribution in [2.24, 2.45) is 5.92 Å². The number of anilines is 2. The van der Waals surface area contributed by atoms with E-state index in [1.165, 1.54) is 25.9 Å². The van der Waals surface area contributed by atoms with Crippen LogP contribution in [-0.2, 0) is 0 Å². The predicted molar refractivity (Wildman–Crippen MR) is 95.0 cm³/mol. The van der Waals surface area contributed by atoms with Gasteiger partial charge in [0.15, 0.2) is 11.4 Å². The van der Waals surface area contributed by atoms with Crippen molar-refractivity contribution in [3.8, 4) is 0 Å².